The van der Waals surface area contributed by atoms with Gasteiger partial charge in [-0.1, -0.05) is 102 Å². The third kappa shape index (κ3) is 3.59. The van der Waals surface area contributed by atoms with Crippen molar-refractivity contribution in [2.24, 2.45) is 0 Å². The van der Waals surface area contributed by atoms with Gasteiger partial charge in [0.2, 0.25) is 23.6 Å². The average Bonchev–Trinajstić information content (AvgIpc) is 3.77. The maximum atomic E-state index is 6.22. The smallest absolute Gasteiger partial charge is 0.247 e. The lowest BCUT2D eigenvalue weighted by Crippen LogP contribution is -2.26. The first-order valence-corrected chi connectivity index (χ1v) is 14.7. The second-order valence-electron chi connectivity index (χ2n) is 13.7. The topological polar surface area (TPSA) is 77.8 Å². The number of benzene rings is 4. The highest BCUT2D eigenvalue weighted by Crippen LogP contribution is 2.63. The highest BCUT2D eigenvalue weighted by atomic mass is 16.4. The molecule has 0 saturated heterocycles. The fourth-order valence-corrected chi connectivity index (χ4v) is 6.69. The Bertz CT molecular complexity index is 1920. The van der Waals surface area contributed by atoms with Gasteiger partial charge in [-0.25, -0.2) is 0 Å². The summed E-state index contributed by atoms with van der Waals surface area (Å²) in [5.74, 6) is 2.30. The lowest BCUT2D eigenvalue weighted by Gasteiger charge is -2.30. The molecule has 0 atom stereocenters. The van der Waals surface area contributed by atoms with Crippen LogP contribution in [0.4, 0.5) is 0 Å². The molecule has 2 aliphatic rings. The Hall–Kier alpha value is -4.84. The Morgan fingerprint density at radius 2 is 0.860 bits per heavy atom. The molecule has 6 heteroatoms. The Kier molecular flexibility index (Phi) is 5.17. The van der Waals surface area contributed by atoms with Crippen molar-refractivity contribution in [3.8, 4) is 45.2 Å². The summed E-state index contributed by atoms with van der Waals surface area (Å²) in [6.45, 7) is 12.5. The molecule has 0 bridgehead atoms. The molecule has 1 spiro atoms. The van der Waals surface area contributed by atoms with E-state index >= 15 is 0 Å². The van der Waals surface area contributed by atoms with Crippen LogP contribution in [0.2, 0.25) is 0 Å². The van der Waals surface area contributed by atoms with Gasteiger partial charge >= 0.3 is 0 Å². The Labute approximate surface area is 250 Å². The molecule has 212 valence electrons. The largest absolute Gasteiger partial charge is 0.420 e. The molecule has 4 aromatic carbocycles. The Balaban J connectivity index is 1.40. The van der Waals surface area contributed by atoms with E-state index < -0.39 is 5.41 Å². The van der Waals surface area contributed by atoms with Gasteiger partial charge in [0.05, 0.1) is 5.41 Å². The van der Waals surface area contributed by atoms with Crippen LogP contribution in [0.5, 0.6) is 0 Å². The number of hydrogen-bond donors (Lipinski definition) is 0. The van der Waals surface area contributed by atoms with Crippen LogP contribution in [-0.4, -0.2) is 20.4 Å². The van der Waals surface area contributed by atoms with Gasteiger partial charge < -0.3 is 8.83 Å². The Morgan fingerprint density at radius 3 is 1.26 bits per heavy atom. The summed E-state index contributed by atoms with van der Waals surface area (Å²) in [6, 6.07) is 30.6. The minimum absolute atomic E-state index is 0.235. The number of aromatic nitrogens is 4. The number of nitrogens with zero attached hydrogens (tertiary/aromatic N) is 4. The molecule has 6 nitrogen and oxygen atoms in total. The molecular formula is C37H32N4O2. The van der Waals surface area contributed by atoms with E-state index in [4.69, 9.17) is 8.83 Å². The Morgan fingerprint density at radius 1 is 0.465 bits per heavy atom. The van der Waals surface area contributed by atoms with Crippen molar-refractivity contribution in [3.05, 3.63) is 119 Å². The van der Waals surface area contributed by atoms with E-state index in [9.17, 15) is 0 Å². The van der Waals surface area contributed by atoms with E-state index in [1.807, 2.05) is 0 Å². The zero-order chi connectivity index (χ0) is 29.7. The van der Waals surface area contributed by atoms with Crippen molar-refractivity contribution < 1.29 is 8.83 Å². The lowest BCUT2D eigenvalue weighted by molar-refractivity contribution is 0.399. The van der Waals surface area contributed by atoms with Crippen LogP contribution in [0, 0.1) is 0 Å². The maximum Gasteiger partial charge on any atom is 0.247 e. The van der Waals surface area contributed by atoms with E-state index in [2.05, 4.69) is 147 Å². The average molecular weight is 565 g/mol. The van der Waals surface area contributed by atoms with Crippen LogP contribution < -0.4 is 0 Å². The number of fused-ring (bicyclic) bond motifs is 10. The van der Waals surface area contributed by atoms with Crippen LogP contribution in [0.1, 0.15) is 75.6 Å². The van der Waals surface area contributed by atoms with Crippen LogP contribution in [-0.2, 0) is 16.2 Å². The van der Waals surface area contributed by atoms with Gasteiger partial charge in [-0.2, -0.15) is 0 Å². The fourth-order valence-electron chi connectivity index (χ4n) is 6.69. The molecule has 0 amide bonds. The van der Waals surface area contributed by atoms with Gasteiger partial charge in [0.1, 0.15) is 0 Å². The second kappa shape index (κ2) is 8.60. The van der Waals surface area contributed by atoms with E-state index in [-0.39, 0.29) is 10.8 Å². The highest BCUT2D eigenvalue weighted by Gasteiger charge is 2.52. The molecule has 2 aliphatic carbocycles. The van der Waals surface area contributed by atoms with Gasteiger partial charge in [0.15, 0.2) is 0 Å². The summed E-state index contributed by atoms with van der Waals surface area (Å²) in [7, 11) is 0. The van der Waals surface area contributed by atoms with Gasteiger partial charge in [-0.15, -0.1) is 20.4 Å². The van der Waals surface area contributed by atoms with Gasteiger partial charge in [0.25, 0.3) is 0 Å². The van der Waals surface area contributed by atoms with E-state index in [1.54, 1.807) is 0 Å². The standard InChI is InChI=1S/C37H32N4O2/c1-35(2,3)33-40-38-31(42-33)21-15-17-25-23-11-7-9-13-27(23)37(29(25)19-21)28-14-10-8-12-24(28)26-18-16-22(20-30(26)37)32-39-41-34(43-32)36(4,5)6/h7-20H,1-6H3. The minimum atomic E-state index is -0.538. The van der Waals surface area contributed by atoms with Crippen molar-refractivity contribution in [3.63, 3.8) is 0 Å². The van der Waals surface area contributed by atoms with Crippen molar-refractivity contribution in [1.29, 1.82) is 0 Å². The highest BCUT2D eigenvalue weighted by molar-refractivity contribution is 5.96. The molecule has 0 saturated carbocycles. The van der Waals surface area contributed by atoms with Crippen LogP contribution >= 0.6 is 0 Å². The maximum absolute atomic E-state index is 6.22. The second-order valence-corrected chi connectivity index (χ2v) is 13.7. The molecule has 2 heterocycles. The number of hydrogen-bond acceptors (Lipinski definition) is 6. The molecule has 0 unspecified atom stereocenters. The number of rotatable bonds is 2. The third-order valence-electron chi connectivity index (χ3n) is 8.72. The quantitative estimate of drug-likeness (QED) is 0.209. The first-order chi connectivity index (χ1) is 20.6. The fraction of sp³-hybridized carbons (Fsp3) is 0.243. The summed E-state index contributed by atoms with van der Waals surface area (Å²) in [5.41, 5.74) is 10.6. The van der Waals surface area contributed by atoms with Crippen molar-refractivity contribution in [2.45, 2.75) is 57.8 Å². The summed E-state index contributed by atoms with van der Waals surface area (Å²) >= 11 is 0. The lowest BCUT2D eigenvalue weighted by atomic mass is 9.70. The SMILES string of the molecule is CC(C)(C)c1nnc(-c2ccc3c(c2)C2(c4ccccc4-3)c3ccccc3-c3ccc(-c4nnc(C(C)(C)C)o4)cc32)o1. The summed E-state index contributed by atoms with van der Waals surface area (Å²) in [5, 5.41) is 17.7. The summed E-state index contributed by atoms with van der Waals surface area (Å²) in [4.78, 5) is 0. The molecule has 8 rings (SSSR count). The molecule has 43 heavy (non-hydrogen) atoms. The minimum Gasteiger partial charge on any atom is -0.420 e. The van der Waals surface area contributed by atoms with Crippen molar-refractivity contribution >= 4 is 0 Å². The summed E-state index contributed by atoms with van der Waals surface area (Å²) in [6.07, 6.45) is 0. The van der Waals surface area contributed by atoms with Gasteiger partial charge in [-0.05, 0) is 68.8 Å². The molecular weight excluding hydrogens is 532 g/mol. The zero-order valence-electron chi connectivity index (χ0n) is 25.2. The molecule has 0 N–H and O–H groups in total. The molecule has 0 fully saturated rings. The van der Waals surface area contributed by atoms with Crippen LogP contribution in [0.15, 0.2) is 93.8 Å². The normalized spacial score (nSPS) is 14.5. The van der Waals surface area contributed by atoms with E-state index in [0.717, 1.165) is 11.1 Å². The van der Waals surface area contributed by atoms with E-state index in [0.29, 0.717) is 23.6 Å². The van der Waals surface area contributed by atoms with Crippen LogP contribution in [0.3, 0.4) is 0 Å². The first-order valence-electron chi connectivity index (χ1n) is 14.7. The van der Waals surface area contributed by atoms with Crippen molar-refractivity contribution in [2.75, 3.05) is 0 Å². The molecule has 0 aliphatic heterocycles. The van der Waals surface area contributed by atoms with Crippen LogP contribution in [0.25, 0.3) is 45.2 Å². The van der Waals surface area contributed by atoms with Gasteiger partial charge in [-0.3, -0.25) is 0 Å². The van der Waals surface area contributed by atoms with E-state index in [1.165, 1.54) is 44.5 Å². The van der Waals surface area contributed by atoms with Crippen molar-refractivity contribution in [1.82, 2.24) is 20.4 Å². The molecule has 6 aromatic rings. The first kappa shape index (κ1) is 25.8. The van der Waals surface area contributed by atoms with Gasteiger partial charge in [0, 0.05) is 22.0 Å². The predicted octanol–water partition coefficient (Wildman–Crippen LogP) is 8.73. The monoisotopic (exact) mass is 564 g/mol. The third-order valence-corrected chi connectivity index (χ3v) is 8.72. The summed E-state index contributed by atoms with van der Waals surface area (Å²) < 4.78 is 12.4. The zero-order valence-corrected chi connectivity index (χ0v) is 25.2. The molecule has 2 aromatic heterocycles. The molecule has 0 radical (unpaired) electrons. The predicted molar refractivity (Wildman–Crippen MR) is 167 cm³/mol.